The molecular formula is C17H23N3O. The summed E-state index contributed by atoms with van der Waals surface area (Å²) < 4.78 is 5.53. The van der Waals surface area contributed by atoms with E-state index in [1.165, 1.54) is 5.56 Å². The molecule has 21 heavy (non-hydrogen) atoms. The van der Waals surface area contributed by atoms with Gasteiger partial charge in [0.2, 0.25) is 0 Å². The zero-order chi connectivity index (χ0) is 14.5. The molecule has 2 aliphatic rings. The Kier molecular flexibility index (Phi) is 4.87. The van der Waals surface area contributed by atoms with Gasteiger partial charge in [0, 0.05) is 45.4 Å². The molecule has 0 aliphatic carbocycles. The summed E-state index contributed by atoms with van der Waals surface area (Å²) in [6.07, 6.45) is 2.23. The molecule has 2 heterocycles. The average molecular weight is 285 g/mol. The molecule has 4 nitrogen and oxygen atoms in total. The van der Waals surface area contributed by atoms with Crippen LogP contribution in [-0.4, -0.2) is 44.3 Å². The van der Waals surface area contributed by atoms with Gasteiger partial charge in [-0.3, -0.25) is 4.90 Å². The van der Waals surface area contributed by atoms with Crippen LogP contribution in [0.4, 0.5) is 0 Å². The first-order valence-electron chi connectivity index (χ1n) is 7.91. The molecule has 0 bridgehead atoms. The standard InChI is InChI=1S/C17H23N3O/c18-13-14-2-1-3-16(12-14)17(15-4-10-21-11-5-15)20-8-6-19-7-9-20/h1-3,12,15,17,19H,4-11H2/t17-/m1/s1. The number of nitrogens with zero attached hydrogens (tertiary/aromatic N) is 2. The summed E-state index contributed by atoms with van der Waals surface area (Å²) in [5.41, 5.74) is 2.06. The number of rotatable bonds is 3. The quantitative estimate of drug-likeness (QED) is 0.922. The highest BCUT2D eigenvalue weighted by atomic mass is 16.5. The molecule has 2 saturated heterocycles. The highest BCUT2D eigenvalue weighted by Crippen LogP contribution is 2.35. The van der Waals surface area contributed by atoms with Crippen LogP contribution in [-0.2, 0) is 4.74 Å². The van der Waals surface area contributed by atoms with Crippen molar-refractivity contribution < 1.29 is 4.74 Å². The summed E-state index contributed by atoms with van der Waals surface area (Å²) >= 11 is 0. The van der Waals surface area contributed by atoms with Crippen molar-refractivity contribution in [1.29, 1.82) is 5.26 Å². The first-order valence-corrected chi connectivity index (χ1v) is 7.91. The second-order valence-electron chi connectivity index (χ2n) is 5.92. The third-order valence-corrected chi connectivity index (χ3v) is 4.61. The van der Waals surface area contributed by atoms with E-state index in [4.69, 9.17) is 4.74 Å². The van der Waals surface area contributed by atoms with E-state index in [0.717, 1.165) is 57.8 Å². The van der Waals surface area contributed by atoms with Gasteiger partial charge in [0.1, 0.15) is 0 Å². The van der Waals surface area contributed by atoms with E-state index in [-0.39, 0.29) is 0 Å². The van der Waals surface area contributed by atoms with Crippen molar-refractivity contribution in [3.8, 4) is 6.07 Å². The van der Waals surface area contributed by atoms with E-state index in [0.29, 0.717) is 12.0 Å². The van der Waals surface area contributed by atoms with Crippen LogP contribution < -0.4 is 5.32 Å². The minimum atomic E-state index is 0.421. The molecule has 0 aromatic heterocycles. The van der Waals surface area contributed by atoms with E-state index in [1.54, 1.807) is 0 Å². The molecule has 0 spiro atoms. The Morgan fingerprint density at radius 3 is 2.71 bits per heavy atom. The summed E-state index contributed by atoms with van der Waals surface area (Å²) in [7, 11) is 0. The first-order chi connectivity index (χ1) is 10.4. The zero-order valence-corrected chi connectivity index (χ0v) is 12.4. The largest absolute Gasteiger partial charge is 0.381 e. The summed E-state index contributed by atoms with van der Waals surface area (Å²) in [5, 5.41) is 12.6. The Bertz CT molecular complexity index is 481. The van der Waals surface area contributed by atoms with Gasteiger partial charge in [-0.05, 0) is 36.5 Å². The van der Waals surface area contributed by atoms with Gasteiger partial charge in [-0.15, -0.1) is 0 Å². The fourth-order valence-corrected chi connectivity index (χ4v) is 3.57. The number of nitrogens with one attached hydrogen (secondary N) is 1. The van der Waals surface area contributed by atoms with Crippen LogP contribution in [0.1, 0.15) is 30.0 Å². The van der Waals surface area contributed by atoms with Gasteiger partial charge in [-0.1, -0.05) is 12.1 Å². The van der Waals surface area contributed by atoms with Gasteiger partial charge in [0.05, 0.1) is 11.6 Å². The van der Waals surface area contributed by atoms with Gasteiger partial charge < -0.3 is 10.1 Å². The number of nitriles is 1. The minimum Gasteiger partial charge on any atom is -0.381 e. The minimum absolute atomic E-state index is 0.421. The van der Waals surface area contributed by atoms with Crippen LogP contribution >= 0.6 is 0 Å². The normalized spacial score (nSPS) is 22.6. The highest BCUT2D eigenvalue weighted by molar-refractivity contribution is 5.34. The lowest BCUT2D eigenvalue weighted by molar-refractivity contribution is 0.0213. The van der Waals surface area contributed by atoms with E-state index in [9.17, 15) is 5.26 Å². The number of hydrogen-bond donors (Lipinski definition) is 1. The van der Waals surface area contributed by atoms with Gasteiger partial charge >= 0.3 is 0 Å². The number of piperazine rings is 1. The summed E-state index contributed by atoms with van der Waals surface area (Å²) in [4.78, 5) is 2.59. The lowest BCUT2D eigenvalue weighted by atomic mass is 9.85. The number of benzene rings is 1. The van der Waals surface area contributed by atoms with Crippen LogP contribution in [0.2, 0.25) is 0 Å². The second-order valence-corrected chi connectivity index (χ2v) is 5.92. The topological polar surface area (TPSA) is 48.3 Å². The Labute approximate surface area is 126 Å². The molecular weight excluding hydrogens is 262 g/mol. The monoisotopic (exact) mass is 285 g/mol. The third-order valence-electron chi connectivity index (χ3n) is 4.61. The smallest absolute Gasteiger partial charge is 0.0991 e. The molecule has 112 valence electrons. The fraction of sp³-hybridized carbons (Fsp3) is 0.588. The molecule has 0 saturated carbocycles. The van der Waals surface area contributed by atoms with Crippen LogP contribution in [0, 0.1) is 17.2 Å². The molecule has 1 atom stereocenters. The maximum atomic E-state index is 9.17. The van der Waals surface area contributed by atoms with Crippen LogP contribution in [0.5, 0.6) is 0 Å². The molecule has 2 aliphatic heterocycles. The van der Waals surface area contributed by atoms with Crippen molar-refractivity contribution in [3.63, 3.8) is 0 Å². The highest BCUT2D eigenvalue weighted by Gasteiger charge is 2.31. The van der Waals surface area contributed by atoms with Crippen molar-refractivity contribution in [1.82, 2.24) is 10.2 Å². The molecule has 4 heteroatoms. The van der Waals surface area contributed by atoms with E-state index >= 15 is 0 Å². The maximum absolute atomic E-state index is 9.17. The maximum Gasteiger partial charge on any atom is 0.0991 e. The molecule has 2 fully saturated rings. The number of ether oxygens (including phenoxy) is 1. The van der Waals surface area contributed by atoms with Gasteiger partial charge in [-0.25, -0.2) is 0 Å². The lowest BCUT2D eigenvalue weighted by Crippen LogP contribution is -2.47. The predicted molar refractivity (Wildman–Crippen MR) is 81.9 cm³/mol. The second kappa shape index (κ2) is 7.04. The van der Waals surface area contributed by atoms with Crippen molar-refractivity contribution in [2.75, 3.05) is 39.4 Å². The van der Waals surface area contributed by atoms with E-state index in [1.807, 2.05) is 12.1 Å². The average Bonchev–Trinajstić information content (AvgIpc) is 2.57. The molecule has 1 aromatic rings. The third kappa shape index (κ3) is 3.44. The zero-order valence-electron chi connectivity index (χ0n) is 12.4. The van der Waals surface area contributed by atoms with Crippen molar-refractivity contribution in [2.45, 2.75) is 18.9 Å². The van der Waals surface area contributed by atoms with Gasteiger partial charge in [-0.2, -0.15) is 5.26 Å². The molecule has 1 aromatic carbocycles. The summed E-state index contributed by atoms with van der Waals surface area (Å²) in [5.74, 6) is 0.630. The first kappa shape index (κ1) is 14.5. The Hall–Kier alpha value is -1.41. The Balaban J connectivity index is 1.88. The molecule has 1 N–H and O–H groups in total. The van der Waals surface area contributed by atoms with Gasteiger partial charge in [0.15, 0.2) is 0 Å². The Morgan fingerprint density at radius 2 is 2.00 bits per heavy atom. The van der Waals surface area contributed by atoms with Crippen molar-refractivity contribution in [2.24, 2.45) is 5.92 Å². The molecule has 0 amide bonds. The lowest BCUT2D eigenvalue weighted by Gasteiger charge is -2.41. The summed E-state index contributed by atoms with van der Waals surface area (Å²) in [6.45, 7) is 6.00. The number of hydrogen-bond acceptors (Lipinski definition) is 4. The van der Waals surface area contributed by atoms with Crippen LogP contribution in [0.3, 0.4) is 0 Å². The van der Waals surface area contributed by atoms with Crippen LogP contribution in [0.15, 0.2) is 24.3 Å². The summed E-state index contributed by atoms with van der Waals surface area (Å²) in [6, 6.07) is 10.9. The fourth-order valence-electron chi connectivity index (χ4n) is 3.57. The molecule has 0 radical (unpaired) electrons. The van der Waals surface area contributed by atoms with E-state index in [2.05, 4.69) is 28.4 Å². The van der Waals surface area contributed by atoms with Crippen molar-refractivity contribution in [3.05, 3.63) is 35.4 Å². The predicted octanol–water partition coefficient (Wildman–Crippen LogP) is 1.93. The van der Waals surface area contributed by atoms with Crippen LogP contribution in [0.25, 0.3) is 0 Å². The van der Waals surface area contributed by atoms with E-state index < -0.39 is 0 Å². The molecule has 0 unspecified atom stereocenters. The molecule has 3 rings (SSSR count). The Morgan fingerprint density at radius 1 is 1.24 bits per heavy atom. The van der Waals surface area contributed by atoms with Gasteiger partial charge in [0.25, 0.3) is 0 Å². The SMILES string of the molecule is N#Cc1cccc([C@@H](C2CCOCC2)N2CCNCC2)c1. The van der Waals surface area contributed by atoms with Crippen molar-refractivity contribution >= 4 is 0 Å².